The van der Waals surface area contributed by atoms with Crippen LogP contribution in [0.3, 0.4) is 0 Å². The van der Waals surface area contributed by atoms with Crippen LogP contribution in [0.4, 0.5) is 11.4 Å². The fourth-order valence-electron chi connectivity index (χ4n) is 1.78. The van der Waals surface area contributed by atoms with Crippen molar-refractivity contribution in [2.75, 3.05) is 29.9 Å². The van der Waals surface area contributed by atoms with Crippen LogP contribution in [0.2, 0.25) is 0 Å². The molecule has 0 aliphatic carbocycles. The van der Waals surface area contributed by atoms with Crippen LogP contribution in [0.25, 0.3) is 0 Å². The first kappa shape index (κ1) is 10.3. The highest BCUT2D eigenvalue weighted by atomic mass is 79.9. The van der Waals surface area contributed by atoms with E-state index in [2.05, 4.69) is 44.3 Å². The van der Waals surface area contributed by atoms with E-state index in [0.717, 1.165) is 29.8 Å². The third-order valence-corrected chi connectivity index (χ3v) is 2.98. The van der Waals surface area contributed by atoms with Crippen LogP contribution in [-0.4, -0.2) is 19.6 Å². The minimum Gasteiger partial charge on any atom is -0.382 e. The summed E-state index contributed by atoms with van der Waals surface area (Å²) in [5.74, 6) is 0. The molecular formula is C11H12BrN3. The summed E-state index contributed by atoms with van der Waals surface area (Å²) in [4.78, 5) is 2.25. The van der Waals surface area contributed by atoms with Gasteiger partial charge in [0.15, 0.2) is 0 Å². The Labute approximate surface area is 97.8 Å². The quantitative estimate of drug-likeness (QED) is 0.894. The third kappa shape index (κ3) is 2.24. The first-order valence-electron chi connectivity index (χ1n) is 4.96. The topological polar surface area (TPSA) is 39.1 Å². The summed E-state index contributed by atoms with van der Waals surface area (Å²) in [6.45, 7) is 2.72. The Kier molecular flexibility index (Phi) is 3.12. The summed E-state index contributed by atoms with van der Waals surface area (Å²) in [5, 5.41) is 11.9. The second kappa shape index (κ2) is 4.54. The minimum absolute atomic E-state index is 0.575. The molecule has 2 rings (SSSR count). The van der Waals surface area contributed by atoms with Gasteiger partial charge in [0.2, 0.25) is 0 Å². The normalized spacial score (nSPS) is 14.0. The van der Waals surface area contributed by atoms with Crippen molar-refractivity contribution >= 4 is 27.3 Å². The van der Waals surface area contributed by atoms with Gasteiger partial charge in [0.05, 0.1) is 23.9 Å². The summed E-state index contributed by atoms with van der Waals surface area (Å²) in [5.41, 5.74) is 2.34. The number of rotatable bonds is 2. The maximum absolute atomic E-state index is 8.60. The van der Waals surface area contributed by atoms with Crippen molar-refractivity contribution in [3.63, 3.8) is 0 Å². The lowest BCUT2D eigenvalue weighted by Crippen LogP contribution is -2.34. The summed E-state index contributed by atoms with van der Waals surface area (Å²) in [6.07, 6.45) is 0.575. The maximum atomic E-state index is 8.60. The van der Waals surface area contributed by atoms with Crippen LogP contribution in [0, 0.1) is 11.3 Å². The lowest BCUT2D eigenvalue weighted by Gasteiger charge is -2.31. The Morgan fingerprint density at radius 2 is 2.40 bits per heavy atom. The standard InChI is InChI=1S/C11H12BrN3/c12-9-2-3-10-11(8-9)15(6-1-4-13)7-5-14-10/h2-3,8,14H,1,5-7H2. The van der Waals surface area contributed by atoms with Gasteiger partial charge in [-0.2, -0.15) is 5.26 Å². The molecule has 0 saturated heterocycles. The number of benzene rings is 1. The fraction of sp³-hybridized carbons (Fsp3) is 0.364. The molecule has 1 aliphatic rings. The monoisotopic (exact) mass is 265 g/mol. The van der Waals surface area contributed by atoms with Gasteiger partial charge in [0, 0.05) is 24.1 Å². The SMILES string of the molecule is N#CCCN1CCNc2ccc(Br)cc21. The van der Waals surface area contributed by atoms with Gasteiger partial charge in [-0.3, -0.25) is 0 Å². The molecule has 0 amide bonds. The first-order valence-corrected chi connectivity index (χ1v) is 5.76. The summed E-state index contributed by atoms with van der Waals surface area (Å²) in [7, 11) is 0. The smallest absolute Gasteiger partial charge is 0.0640 e. The van der Waals surface area contributed by atoms with Crippen LogP contribution in [0.5, 0.6) is 0 Å². The van der Waals surface area contributed by atoms with Crippen LogP contribution < -0.4 is 10.2 Å². The van der Waals surface area contributed by atoms with E-state index in [0.29, 0.717) is 6.42 Å². The highest BCUT2D eigenvalue weighted by molar-refractivity contribution is 9.10. The lowest BCUT2D eigenvalue weighted by molar-refractivity contribution is 0.786. The number of halogens is 1. The number of anilines is 2. The largest absolute Gasteiger partial charge is 0.382 e. The average Bonchev–Trinajstić information content (AvgIpc) is 2.26. The molecule has 0 radical (unpaired) electrons. The molecule has 1 N–H and O–H groups in total. The molecule has 1 aromatic carbocycles. The zero-order chi connectivity index (χ0) is 10.7. The zero-order valence-electron chi connectivity index (χ0n) is 8.33. The summed E-state index contributed by atoms with van der Waals surface area (Å²) < 4.78 is 1.08. The van der Waals surface area contributed by atoms with Gasteiger partial charge in [-0.25, -0.2) is 0 Å². The van der Waals surface area contributed by atoms with Crippen molar-refractivity contribution in [2.45, 2.75) is 6.42 Å². The van der Waals surface area contributed by atoms with E-state index in [1.165, 1.54) is 5.69 Å². The van der Waals surface area contributed by atoms with Gasteiger partial charge >= 0.3 is 0 Å². The van der Waals surface area contributed by atoms with Crippen molar-refractivity contribution in [2.24, 2.45) is 0 Å². The molecule has 0 bridgehead atoms. The second-order valence-electron chi connectivity index (χ2n) is 3.48. The van der Waals surface area contributed by atoms with E-state index in [9.17, 15) is 0 Å². The second-order valence-corrected chi connectivity index (χ2v) is 4.40. The Morgan fingerprint density at radius 1 is 1.53 bits per heavy atom. The van der Waals surface area contributed by atoms with E-state index in [1.54, 1.807) is 0 Å². The molecular weight excluding hydrogens is 254 g/mol. The van der Waals surface area contributed by atoms with Crippen molar-refractivity contribution in [1.82, 2.24) is 0 Å². The van der Waals surface area contributed by atoms with Crippen molar-refractivity contribution in [3.05, 3.63) is 22.7 Å². The molecule has 1 aliphatic heterocycles. The third-order valence-electron chi connectivity index (χ3n) is 2.49. The molecule has 0 fully saturated rings. The summed E-state index contributed by atoms with van der Waals surface area (Å²) >= 11 is 3.47. The Hall–Kier alpha value is -1.21. The molecule has 0 saturated carbocycles. The first-order chi connectivity index (χ1) is 7.31. The number of hydrogen-bond donors (Lipinski definition) is 1. The van der Waals surface area contributed by atoms with Gasteiger partial charge in [-0.1, -0.05) is 15.9 Å². The number of hydrogen-bond acceptors (Lipinski definition) is 3. The molecule has 0 spiro atoms. The van der Waals surface area contributed by atoms with E-state index in [4.69, 9.17) is 5.26 Å². The Morgan fingerprint density at radius 3 is 3.20 bits per heavy atom. The van der Waals surface area contributed by atoms with Gasteiger partial charge in [-0.15, -0.1) is 0 Å². The fourth-order valence-corrected chi connectivity index (χ4v) is 2.13. The molecule has 1 aromatic rings. The highest BCUT2D eigenvalue weighted by Crippen LogP contribution is 2.31. The van der Waals surface area contributed by atoms with Crippen LogP contribution >= 0.6 is 15.9 Å². The van der Waals surface area contributed by atoms with E-state index in [1.807, 2.05) is 6.07 Å². The number of fused-ring (bicyclic) bond motifs is 1. The van der Waals surface area contributed by atoms with Gasteiger partial charge in [0.25, 0.3) is 0 Å². The molecule has 0 aromatic heterocycles. The van der Waals surface area contributed by atoms with Gasteiger partial charge in [0.1, 0.15) is 0 Å². The molecule has 1 heterocycles. The van der Waals surface area contributed by atoms with Crippen LogP contribution in [0.15, 0.2) is 22.7 Å². The van der Waals surface area contributed by atoms with Crippen molar-refractivity contribution in [3.8, 4) is 6.07 Å². The lowest BCUT2D eigenvalue weighted by atomic mass is 10.2. The number of nitriles is 1. The molecule has 4 heteroatoms. The number of nitrogens with zero attached hydrogens (tertiary/aromatic N) is 2. The molecule has 78 valence electrons. The highest BCUT2D eigenvalue weighted by Gasteiger charge is 2.15. The molecule has 0 atom stereocenters. The molecule has 3 nitrogen and oxygen atoms in total. The van der Waals surface area contributed by atoms with Gasteiger partial charge in [-0.05, 0) is 18.2 Å². The van der Waals surface area contributed by atoms with Crippen molar-refractivity contribution < 1.29 is 0 Å². The Balaban J connectivity index is 2.25. The average molecular weight is 266 g/mol. The van der Waals surface area contributed by atoms with Crippen molar-refractivity contribution in [1.29, 1.82) is 5.26 Å². The minimum atomic E-state index is 0.575. The van der Waals surface area contributed by atoms with E-state index >= 15 is 0 Å². The maximum Gasteiger partial charge on any atom is 0.0640 e. The Bertz CT molecular complexity index is 397. The number of nitrogens with one attached hydrogen (secondary N) is 1. The van der Waals surface area contributed by atoms with Crippen LogP contribution in [0.1, 0.15) is 6.42 Å². The van der Waals surface area contributed by atoms with Gasteiger partial charge < -0.3 is 10.2 Å². The predicted octanol–water partition coefficient (Wildman–Crippen LogP) is 2.59. The summed E-state index contributed by atoms with van der Waals surface area (Å²) in [6, 6.07) is 8.38. The van der Waals surface area contributed by atoms with E-state index in [-0.39, 0.29) is 0 Å². The predicted molar refractivity (Wildman–Crippen MR) is 65.1 cm³/mol. The zero-order valence-corrected chi connectivity index (χ0v) is 9.92. The van der Waals surface area contributed by atoms with Crippen LogP contribution in [-0.2, 0) is 0 Å². The van der Waals surface area contributed by atoms with E-state index < -0.39 is 0 Å². The molecule has 15 heavy (non-hydrogen) atoms. The molecule has 0 unspecified atom stereocenters.